The molecule has 4 heteroatoms. The summed E-state index contributed by atoms with van der Waals surface area (Å²) in [5, 5.41) is 14.2. The van der Waals surface area contributed by atoms with Crippen LogP contribution in [0.2, 0.25) is 0 Å². The molecule has 0 unspecified atom stereocenters. The number of non-ortho nitro benzene ring substituents is 1. The third-order valence-electron chi connectivity index (χ3n) is 3.65. The van der Waals surface area contributed by atoms with E-state index in [1.54, 1.807) is 12.1 Å². The lowest BCUT2D eigenvalue weighted by Gasteiger charge is -2.18. The Morgan fingerprint density at radius 3 is 2.41 bits per heavy atom. The fourth-order valence-corrected chi connectivity index (χ4v) is 2.43. The van der Waals surface area contributed by atoms with Gasteiger partial charge >= 0.3 is 0 Å². The number of benzene rings is 1. The molecule has 0 bridgehead atoms. The molecule has 0 spiro atoms. The molecule has 2 fully saturated rings. The molecule has 1 aromatic rings. The van der Waals surface area contributed by atoms with Crippen LogP contribution >= 0.6 is 0 Å². The van der Waals surface area contributed by atoms with E-state index >= 15 is 0 Å². The molecule has 0 saturated heterocycles. The van der Waals surface area contributed by atoms with E-state index in [0.717, 1.165) is 17.5 Å². The van der Waals surface area contributed by atoms with Gasteiger partial charge in [0.05, 0.1) is 4.92 Å². The standard InChI is InChI=1S/C13H16N2O2/c16-15(17)12-3-1-2-11(8-12)14-13(9-4-5-9)10-6-7-10/h1-3,8-10,13-14H,4-7H2. The molecule has 0 aromatic heterocycles. The van der Waals surface area contributed by atoms with Crippen molar-refractivity contribution in [3.63, 3.8) is 0 Å². The molecule has 3 rings (SSSR count). The number of nitro groups is 1. The Bertz CT molecular complexity index is 427. The van der Waals surface area contributed by atoms with E-state index in [1.165, 1.54) is 31.7 Å². The molecule has 0 aliphatic heterocycles. The first-order valence-corrected chi connectivity index (χ1v) is 6.25. The van der Waals surface area contributed by atoms with E-state index in [0.29, 0.717) is 6.04 Å². The van der Waals surface area contributed by atoms with Crippen LogP contribution in [0.5, 0.6) is 0 Å². The van der Waals surface area contributed by atoms with Crippen LogP contribution in [0.1, 0.15) is 25.7 Å². The predicted molar refractivity (Wildman–Crippen MR) is 66.0 cm³/mol. The normalized spacial score (nSPS) is 19.4. The average Bonchev–Trinajstić information content (AvgIpc) is 3.16. The molecule has 0 atom stereocenters. The molecule has 17 heavy (non-hydrogen) atoms. The van der Waals surface area contributed by atoms with Crippen molar-refractivity contribution >= 4 is 11.4 Å². The Hall–Kier alpha value is -1.58. The lowest BCUT2D eigenvalue weighted by atomic mass is 10.1. The van der Waals surface area contributed by atoms with Crippen LogP contribution in [0.3, 0.4) is 0 Å². The van der Waals surface area contributed by atoms with Crippen LogP contribution in [0.15, 0.2) is 24.3 Å². The minimum absolute atomic E-state index is 0.167. The Balaban J connectivity index is 1.74. The zero-order valence-electron chi connectivity index (χ0n) is 9.63. The molecular formula is C13H16N2O2. The molecule has 2 aliphatic rings. The fraction of sp³-hybridized carbons (Fsp3) is 0.538. The van der Waals surface area contributed by atoms with Crippen LogP contribution < -0.4 is 5.32 Å². The summed E-state index contributed by atoms with van der Waals surface area (Å²) in [6, 6.07) is 7.38. The molecule has 2 saturated carbocycles. The van der Waals surface area contributed by atoms with Crippen molar-refractivity contribution in [2.24, 2.45) is 11.8 Å². The van der Waals surface area contributed by atoms with E-state index in [4.69, 9.17) is 0 Å². The molecular weight excluding hydrogens is 216 g/mol. The van der Waals surface area contributed by atoms with Gasteiger partial charge < -0.3 is 5.32 Å². The smallest absolute Gasteiger partial charge is 0.271 e. The van der Waals surface area contributed by atoms with Crippen molar-refractivity contribution in [3.8, 4) is 0 Å². The highest BCUT2D eigenvalue weighted by atomic mass is 16.6. The van der Waals surface area contributed by atoms with Gasteiger partial charge in [-0.25, -0.2) is 0 Å². The van der Waals surface area contributed by atoms with E-state index in [1.807, 2.05) is 6.07 Å². The van der Waals surface area contributed by atoms with Gasteiger partial charge in [-0.3, -0.25) is 10.1 Å². The maximum atomic E-state index is 10.7. The molecule has 0 radical (unpaired) electrons. The van der Waals surface area contributed by atoms with Gasteiger partial charge in [0.1, 0.15) is 0 Å². The van der Waals surface area contributed by atoms with Gasteiger partial charge in [0.25, 0.3) is 5.69 Å². The minimum atomic E-state index is -0.339. The van der Waals surface area contributed by atoms with E-state index in [-0.39, 0.29) is 10.6 Å². The van der Waals surface area contributed by atoms with Crippen molar-refractivity contribution in [2.75, 3.05) is 5.32 Å². The zero-order valence-corrected chi connectivity index (χ0v) is 9.63. The number of nitrogens with zero attached hydrogens (tertiary/aromatic N) is 1. The summed E-state index contributed by atoms with van der Waals surface area (Å²) < 4.78 is 0. The fourth-order valence-electron chi connectivity index (χ4n) is 2.43. The van der Waals surface area contributed by atoms with Gasteiger partial charge in [0, 0.05) is 23.9 Å². The number of hydrogen-bond donors (Lipinski definition) is 1. The zero-order chi connectivity index (χ0) is 11.8. The second-order valence-electron chi connectivity index (χ2n) is 5.15. The second-order valence-corrected chi connectivity index (χ2v) is 5.15. The highest BCUT2D eigenvalue weighted by Crippen LogP contribution is 2.45. The van der Waals surface area contributed by atoms with Gasteiger partial charge in [0.15, 0.2) is 0 Å². The lowest BCUT2D eigenvalue weighted by molar-refractivity contribution is -0.384. The summed E-state index contributed by atoms with van der Waals surface area (Å²) in [5.74, 6) is 1.59. The Kier molecular flexibility index (Phi) is 2.50. The largest absolute Gasteiger partial charge is 0.382 e. The first-order chi connectivity index (χ1) is 8.24. The summed E-state index contributed by atoms with van der Waals surface area (Å²) in [5.41, 5.74) is 1.06. The van der Waals surface area contributed by atoms with Crippen LogP contribution in [0.4, 0.5) is 11.4 Å². The molecule has 1 aromatic carbocycles. The van der Waals surface area contributed by atoms with Gasteiger partial charge in [-0.1, -0.05) is 6.07 Å². The third-order valence-corrected chi connectivity index (χ3v) is 3.65. The number of anilines is 1. The maximum absolute atomic E-state index is 10.7. The van der Waals surface area contributed by atoms with Crippen LogP contribution in [-0.2, 0) is 0 Å². The Morgan fingerprint density at radius 1 is 1.24 bits per heavy atom. The summed E-state index contributed by atoms with van der Waals surface area (Å²) in [6.07, 6.45) is 5.23. The predicted octanol–water partition coefficient (Wildman–Crippen LogP) is 3.20. The van der Waals surface area contributed by atoms with Crippen LogP contribution in [0, 0.1) is 22.0 Å². The van der Waals surface area contributed by atoms with Gasteiger partial charge in [-0.15, -0.1) is 0 Å². The van der Waals surface area contributed by atoms with Crippen LogP contribution in [0.25, 0.3) is 0 Å². The quantitative estimate of drug-likeness (QED) is 0.626. The molecule has 90 valence electrons. The highest BCUT2D eigenvalue weighted by Gasteiger charge is 2.41. The summed E-state index contributed by atoms with van der Waals surface area (Å²) >= 11 is 0. The molecule has 1 N–H and O–H groups in total. The van der Waals surface area contributed by atoms with E-state index < -0.39 is 0 Å². The minimum Gasteiger partial charge on any atom is -0.382 e. The summed E-state index contributed by atoms with van der Waals surface area (Å²) in [4.78, 5) is 10.4. The van der Waals surface area contributed by atoms with Gasteiger partial charge in [-0.2, -0.15) is 0 Å². The number of nitrogens with one attached hydrogen (secondary N) is 1. The van der Waals surface area contributed by atoms with Crippen molar-refractivity contribution in [1.29, 1.82) is 0 Å². The monoisotopic (exact) mass is 232 g/mol. The second kappa shape index (κ2) is 4.02. The molecule has 4 nitrogen and oxygen atoms in total. The molecule has 0 heterocycles. The summed E-state index contributed by atoms with van der Waals surface area (Å²) in [7, 11) is 0. The van der Waals surface area contributed by atoms with Crippen molar-refractivity contribution < 1.29 is 4.92 Å². The van der Waals surface area contributed by atoms with Crippen molar-refractivity contribution in [3.05, 3.63) is 34.4 Å². The van der Waals surface area contributed by atoms with Crippen molar-refractivity contribution in [2.45, 2.75) is 31.7 Å². The maximum Gasteiger partial charge on any atom is 0.271 e. The SMILES string of the molecule is O=[N+]([O-])c1cccc(NC(C2CC2)C2CC2)c1. The first kappa shape index (κ1) is 10.6. The lowest BCUT2D eigenvalue weighted by Crippen LogP contribution is -2.24. The average molecular weight is 232 g/mol. The number of rotatable bonds is 5. The van der Waals surface area contributed by atoms with Crippen molar-refractivity contribution in [1.82, 2.24) is 0 Å². The molecule has 2 aliphatic carbocycles. The van der Waals surface area contributed by atoms with Gasteiger partial charge in [-0.05, 0) is 43.6 Å². The number of nitro benzene ring substituents is 1. The van der Waals surface area contributed by atoms with E-state index in [2.05, 4.69) is 5.32 Å². The topological polar surface area (TPSA) is 55.2 Å². The van der Waals surface area contributed by atoms with Gasteiger partial charge in [0.2, 0.25) is 0 Å². The third kappa shape index (κ3) is 2.40. The number of hydrogen-bond acceptors (Lipinski definition) is 3. The summed E-state index contributed by atoms with van der Waals surface area (Å²) in [6.45, 7) is 0. The highest BCUT2D eigenvalue weighted by molar-refractivity contribution is 5.52. The Labute approximate surface area is 100 Å². The first-order valence-electron chi connectivity index (χ1n) is 6.25. The van der Waals surface area contributed by atoms with E-state index in [9.17, 15) is 10.1 Å². The van der Waals surface area contributed by atoms with Crippen LogP contribution in [-0.4, -0.2) is 11.0 Å². The Morgan fingerprint density at radius 2 is 1.88 bits per heavy atom. The molecule has 0 amide bonds.